The molecule has 0 amide bonds. The van der Waals surface area contributed by atoms with Crippen molar-refractivity contribution in [3.05, 3.63) is 58.1 Å². The number of nitriles is 1. The van der Waals surface area contributed by atoms with Gasteiger partial charge >= 0.3 is 0 Å². The number of nitrogens with zero attached hydrogens (tertiary/aromatic N) is 1. The van der Waals surface area contributed by atoms with E-state index in [4.69, 9.17) is 21.6 Å². The number of ether oxygens (including phenoxy) is 1. The molecule has 0 saturated heterocycles. The monoisotopic (exact) mass is 284 g/mol. The first-order chi connectivity index (χ1) is 9.76. The Morgan fingerprint density at radius 1 is 1.25 bits per heavy atom. The molecule has 2 aromatic rings. The fourth-order valence-corrected chi connectivity index (χ4v) is 2.52. The summed E-state index contributed by atoms with van der Waals surface area (Å²) in [6.45, 7) is 1.46. The number of hydrogen-bond acceptors (Lipinski definition) is 3. The fourth-order valence-electron chi connectivity index (χ4n) is 2.28. The van der Waals surface area contributed by atoms with Crippen molar-refractivity contribution in [3.8, 4) is 11.8 Å². The van der Waals surface area contributed by atoms with Gasteiger partial charge in [-0.3, -0.25) is 0 Å². The van der Waals surface area contributed by atoms with Crippen LogP contribution in [0.3, 0.4) is 0 Å². The summed E-state index contributed by atoms with van der Waals surface area (Å²) in [4.78, 5) is 0. The second kappa shape index (κ2) is 5.44. The van der Waals surface area contributed by atoms with Crippen molar-refractivity contribution in [1.82, 2.24) is 0 Å². The average Bonchev–Trinajstić information content (AvgIpc) is 2.93. The first-order valence-corrected chi connectivity index (χ1v) is 6.82. The van der Waals surface area contributed by atoms with Gasteiger partial charge < -0.3 is 10.1 Å². The number of halogens is 1. The highest BCUT2D eigenvalue weighted by Crippen LogP contribution is 2.27. The van der Waals surface area contributed by atoms with Crippen molar-refractivity contribution in [2.24, 2.45) is 0 Å². The molecule has 3 nitrogen and oxygen atoms in total. The van der Waals surface area contributed by atoms with Crippen molar-refractivity contribution in [1.29, 1.82) is 5.26 Å². The Labute approximate surface area is 122 Å². The Balaban J connectivity index is 1.72. The van der Waals surface area contributed by atoms with Crippen molar-refractivity contribution < 1.29 is 4.74 Å². The smallest absolute Gasteiger partial charge is 0.122 e. The van der Waals surface area contributed by atoms with Gasteiger partial charge in [0.25, 0.3) is 0 Å². The van der Waals surface area contributed by atoms with Gasteiger partial charge in [-0.15, -0.1) is 0 Å². The highest BCUT2D eigenvalue weighted by Gasteiger charge is 2.11. The molecule has 0 unspecified atom stereocenters. The lowest BCUT2D eigenvalue weighted by atomic mass is 10.1. The molecule has 1 aliphatic heterocycles. The van der Waals surface area contributed by atoms with E-state index in [-0.39, 0.29) is 0 Å². The normalized spacial score (nSPS) is 12.4. The van der Waals surface area contributed by atoms with Crippen molar-refractivity contribution in [2.75, 3.05) is 11.9 Å². The average molecular weight is 285 g/mol. The van der Waals surface area contributed by atoms with Crippen molar-refractivity contribution >= 4 is 17.3 Å². The summed E-state index contributed by atoms with van der Waals surface area (Å²) in [5.41, 5.74) is 3.85. The molecule has 0 aliphatic carbocycles. The molecule has 0 bridgehead atoms. The van der Waals surface area contributed by atoms with E-state index < -0.39 is 0 Å². The van der Waals surface area contributed by atoms with E-state index >= 15 is 0 Å². The molecule has 100 valence electrons. The summed E-state index contributed by atoms with van der Waals surface area (Å²) >= 11 is 6.13. The van der Waals surface area contributed by atoms with Crippen LogP contribution in [0.1, 0.15) is 16.7 Å². The summed E-state index contributed by atoms with van der Waals surface area (Å²) in [5, 5.41) is 12.7. The van der Waals surface area contributed by atoms with E-state index in [1.54, 1.807) is 12.1 Å². The van der Waals surface area contributed by atoms with Gasteiger partial charge in [0.15, 0.2) is 0 Å². The van der Waals surface area contributed by atoms with Crippen molar-refractivity contribution in [2.45, 2.75) is 13.0 Å². The van der Waals surface area contributed by atoms with Crippen LogP contribution in [-0.2, 0) is 13.0 Å². The maximum absolute atomic E-state index is 8.81. The van der Waals surface area contributed by atoms with E-state index in [0.29, 0.717) is 17.1 Å². The van der Waals surface area contributed by atoms with Crippen molar-refractivity contribution in [3.63, 3.8) is 0 Å². The predicted octanol–water partition coefficient (Wildman–Crippen LogP) is 3.76. The number of anilines is 1. The minimum Gasteiger partial charge on any atom is -0.493 e. The highest BCUT2D eigenvalue weighted by molar-refractivity contribution is 6.33. The van der Waals surface area contributed by atoms with Crippen LogP contribution < -0.4 is 10.1 Å². The van der Waals surface area contributed by atoms with E-state index in [0.717, 1.165) is 24.5 Å². The third-order valence-electron chi connectivity index (χ3n) is 3.34. The molecule has 20 heavy (non-hydrogen) atoms. The van der Waals surface area contributed by atoms with Crippen LogP contribution in [0.5, 0.6) is 5.75 Å². The molecule has 0 atom stereocenters. The zero-order valence-electron chi connectivity index (χ0n) is 10.8. The largest absolute Gasteiger partial charge is 0.493 e. The molecule has 1 heterocycles. The van der Waals surface area contributed by atoms with Gasteiger partial charge in [0, 0.05) is 13.0 Å². The Morgan fingerprint density at radius 3 is 2.95 bits per heavy atom. The zero-order valence-corrected chi connectivity index (χ0v) is 11.6. The molecule has 3 rings (SSSR count). The molecule has 4 heteroatoms. The minimum atomic E-state index is 0.563. The fraction of sp³-hybridized carbons (Fsp3) is 0.188. The van der Waals surface area contributed by atoms with Crippen LogP contribution in [-0.4, -0.2) is 6.61 Å². The topological polar surface area (TPSA) is 45.0 Å². The standard InChI is InChI=1S/C16H13ClN2O/c17-14-8-11(9-18)1-3-15(14)19-10-12-2-4-16-13(7-12)5-6-20-16/h1-4,7-8,19H,5-6,10H2. The Hall–Kier alpha value is -2.18. The summed E-state index contributed by atoms with van der Waals surface area (Å²) in [5.74, 6) is 0.991. The van der Waals surface area contributed by atoms with Gasteiger partial charge in [0.2, 0.25) is 0 Å². The van der Waals surface area contributed by atoms with E-state index in [2.05, 4.69) is 23.5 Å². The van der Waals surface area contributed by atoms with E-state index in [1.165, 1.54) is 11.1 Å². The maximum Gasteiger partial charge on any atom is 0.122 e. The first-order valence-electron chi connectivity index (χ1n) is 6.44. The molecule has 1 aliphatic rings. The molecule has 2 aromatic carbocycles. The predicted molar refractivity (Wildman–Crippen MR) is 79.1 cm³/mol. The molecular weight excluding hydrogens is 272 g/mol. The molecule has 1 N–H and O–H groups in total. The zero-order chi connectivity index (χ0) is 13.9. The van der Waals surface area contributed by atoms with E-state index in [9.17, 15) is 0 Å². The van der Waals surface area contributed by atoms with Gasteiger partial charge in [-0.05, 0) is 35.4 Å². The van der Waals surface area contributed by atoms with Gasteiger partial charge in [0.05, 0.1) is 28.9 Å². The van der Waals surface area contributed by atoms with Crippen LogP contribution in [0.2, 0.25) is 5.02 Å². The summed E-state index contributed by atoms with van der Waals surface area (Å²) in [6.07, 6.45) is 0.973. The third-order valence-corrected chi connectivity index (χ3v) is 3.65. The summed E-state index contributed by atoms with van der Waals surface area (Å²) in [6, 6.07) is 13.5. The number of fused-ring (bicyclic) bond motifs is 1. The van der Waals surface area contributed by atoms with Gasteiger partial charge in [-0.1, -0.05) is 23.7 Å². The van der Waals surface area contributed by atoms with Crippen LogP contribution >= 0.6 is 11.6 Å². The number of rotatable bonds is 3. The quantitative estimate of drug-likeness (QED) is 0.933. The third kappa shape index (κ3) is 2.56. The summed E-state index contributed by atoms with van der Waals surface area (Å²) < 4.78 is 5.49. The lowest BCUT2D eigenvalue weighted by Gasteiger charge is -2.09. The maximum atomic E-state index is 8.81. The lowest BCUT2D eigenvalue weighted by Crippen LogP contribution is -2.00. The Morgan fingerprint density at radius 2 is 2.15 bits per heavy atom. The molecule has 0 spiro atoms. The number of benzene rings is 2. The highest BCUT2D eigenvalue weighted by atomic mass is 35.5. The number of nitrogens with one attached hydrogen (secondary N) is 1. The van der Waals surface area contributed by atoms with Gasteiger partial charge in [-0.2, -0.15) is 5.26 Å². The number of hydrogen-bond donors (Lipinski definition) is 1. The Bertz CT molecular complexity index is 691. The molecule has 0 fully saturated rings. The molecule has 0 radical (unpaired) electrons. The first kappa shape index (κ1) is 12.8. The van der Waals surface area contributed by atoms with Crippen LogP contribution in [0, 0.1) is 11.3 Å². The molecular formula is C16H13ClN2O. The summed E-state index contributed by atoms with van der Waals surface area (Å²) in [7, 11) is 0. The van der Waals surface area contributed by atoms with Crippen LogP contribution in [0.25, 0.3) is 0 Å². The van der Waals surface area contributed by atoms with Crippen LogP contribution in [0.15, 0.2) is 36.4 Å². The SMILES string of the molecule is N#Cc1ccc(NCc2ccc3c(c2)CCO3)c(Cl)c1. The van der Waals surface area contributed by atoms with Gasteiger partial charge in [0.1, 0.15) is 5.75 Å². The Kier molecular flexibility index (Phi) is 3.49. The molecule has 0 saturated carbocycles. The second-order valence-corrected chi connectivity index (χ2v) is 5.11. The van der Waals surface area contributed by atoms with E-state index in [1.807, 2.05) is 12.1 Å². The lowest BCUT2D eigenvalue weighted by molar-refractivity contribution is 0.357. The second-order valence-electron chi connectivity index (χ2n) is 4.70. The molecule has 0 aromatic heterocycles. The van der Waals surface area contributed by atoms with Gasteiger partial charge in [-0.25, -0.2) is 0 Å². The van der Waals surface area contributed by atoms with Crippen LogP contribution in [0.4, 0.5) is 5.69 Å². The minimum absolute atomic E-state index is 0.563.